The molecule has 2 nitrogen and oxygen atoms in total. The van der Waals surface area contributed by atoms with Gasteiger partial charge in [-0.15, -0.1) is 0 Å². The Morgan fingerprint density at radius 2 is 0.760 bits per heavy atom. The van der Waals surface area contributed by atoms with E-state index in [2.05, 4.69) is 20.8 Å². The lowest BCUT2D eigenvalue weighted by Gasteiger charge is -2.03. The molecule has 0 aliphatic carbocycles. The fourth-order valence-corrected chi connectivity index (χ4v) is 2.89. The van der Waals surface area contributed by atoms with E-state index in [1.54, 1.807) is 0 Å². The van der Waals surface area contributed by atoms with E-state index >= 15 is 0 Å². The molecule has 0 heterocycles. The molecule has 0 aromatic carbocycles. The van der Waals surface area contributed by atoms with Crippen molar-refractivity contribution >= 4 is 0 Å². The number of hydrogen-bond acceptors (Lipinski definition) is 2. The van der Waals surface area contributed by atoms with Gasteiger partial charge in [-0.2, -0.15) is 0 Å². The molecule has 0 spiro atoms. The summed E-state index contributed by atoms with van der Waals surface area (Å²) in [6.45, 7) is 8.25. The number of aliphatic hydroxyl groups is 1. The zero-order valence-corrected chi connectivity index (χ0v) is 18.0. The minimum absolute atomic E-state index is 0.151. The van der Waals surface area contributed by atoms with Gasteiger partial charge in [-0.25, -0.2) is 0 Å². The molecule has 0 saturated carbocycles. The van der Waals surface area contributed by atoms with Crippen molar-refractivity contribution in [2.45, 2.75) is 130 Å². The number of rotatable bonds is 19. The Bertz CT molecular complexity index is 175. The molecule has 25 heavy (non-hydrogen) atoms. The van der Waals surface area contributed by atoms with Crippen LogP contribution in [0.15, 0.2) is 0 Å². The second-order valence-corrected chi connectivity index (χ2v) is 7.29. The monoisotopic (exact) mass is 358 g/mol. The molecular weight excluding hydrogens is 308 g/mol. The highest BCUT2D eigenvalue weighted by Gasteiger charge is 1.92. The van der Waals surface area contributed by atoms with Crippen LogP contribution < -0.4 is 0 Å². The zero-order valence-electron chi connectivity index (χ0n) is 18.0. The van der Waals surface area contributed by atoms with Gasteiger partial charge in [0.25, 0.3) is 0 Å². The Morgan fingerprint density at radius 1 is 0.440 bits per heavy atom. The number of ether oxygens (including phenoxy) is 1. The van der Waals surface area contributed by atoms with Crippen LogP contribution in [0.25, 0.3) is 0 Å². The maximum atomic E-state index is 8.50. The Hall–Kier alpha value is -0.0800. The lowest BCUT2D eigenvalue weighted by Crippen LogP contribution is -2.00. The maximum absolute atomic E-state index is 8.50. The standard InChI is InChI=1S/C14H30O2.C9H20/c1-2-3-4-5-6-7-8-9-10-11-13-16-14-12-15;1-3-5-7-9-8-6-4-2/h15H,2-14H2,1H3;3-9H2,1-2H3. The highest BCUT2D eigenvalue weighted by atomic mass is 16.5. The summed E-state index contributed by atoms with van der Waals surface area (Å²) in [5.41, 5.74) is 0. The molecule has 0 aromatic heterocycles. The molecule has 154 valence electrons. The van der Waals surface area contributed by atoms with Gasteiger partial charge in [0, 0.05) is 6.61 Å². The molecule has 0 unspecified atom stereocenters. The molecule has 0 radical (unpaired) electrons. The van der Waals surface area contributed by atoms with Crippen molar-refractivity contribution in [3.05, 3.63) is 0 Å². The topological polar surface area (TPSA) is 29.5 Å². The molecule has 0 amide bonds. The van der Waals surface area contributed by atoms with Crippen molar-refractivity contribution in [1.82, 2.24) is 0 Å². The average molecular weight is 359 g/mol. The third-order valence-electron chi connectivity index (χ3n) is 4.58. The predicted octanol–water partition coefficient (Wildman–Crippen LogP) is 7.67. The van der Waals surface area contributed by atoms with Gasteiger partial charge in [0.2, 0.25) is 0 Å². The van der Waals surface area contributed by atoms with Gasteiger partial charge in [0.05, 0.1) is 13.2 Å². The second kappa shape index (κ2) is 28.7. The molecule has 0 aromatic rings. The van der Waals surface area contributed by atoms with Gasteiger partial charge < -0.3 is 9.84 Å². The molecule has 2 heteroatoms. The largest absolute Gasteiger partial charge is 0.394 e. The first-order valence-corrected chi connectivity index (χ1v) is 11.5. The van der Waals surface area contributed by atoms with Gasteiger partial charge in [0.15, 0.2) is 0 Å². The summed E-state index contributed by atoms with van der Waals surface area (Å²) in [4.78, 5) is 0. The van der Waals surface area contributed by atoms with Crippen LogP contribution in [0, 0.1) is 0 Å². The van der Waals surface area contributed by atoms with Gasteiger partial charge >= 0.3 is 0 Å². The van der Waals surface area contributed by atoms with Crippen molar-refractivity contribution in [3.63, 3.8) is 0 Å². The van der Waals surface area contributed by atoms with E-state index in [9.17, 15) is 0 Å². The highest BCUT2D eigenvalue weighted by molar-refractivity contribution is 4.47. The fraction of sp³-hybridized carbons (Fsp3) is 1.00. The third-order valence-corrected chi connectivity index (χ3v) is 4.58. The van der Waals surface area contributed by atoms with Crippen molar-refractivity contribution in [1.29, 1.82) is 0 Å². The van der Waals surface area contributed by atoms with Crippen molar-refractivity contribution < 1.29 is 9.84 Å². The van der Waals surface area contributed by atoms with Crippen molar-refractivity contribution in [2.75, 3.05) is 19.8 Å². The van der Waals surface area contributed by atoms with E-state index in [0.717, 1.165) is 13.0 Å². The molecule has 0 saturated heterocycles. The number of unbranched alkanes of at least 4 members (excludes halogenated alkanes) is 15. The number of aliphatic hydroxyl groups excluding tert-OH is 1. The summed E-state index contributed by atoms with van der Waals surface area (Å²) in [6, 6.07) is 0. The van der Waals surface area contributed by atoms with Gasteiger partial charge in [0.1, 0.15) is 0 Å². The average Bonchev–Trinajstić information content (AvgIpc) is 2.63. The molecule has 0 bridgehead atoms. The first-order chi connectivity index (χ1) is 12.3. The van der Waals surface area contributed by atoms with Crippen LogP contribution in [0.3, 0.4) is 0 Å². The summed E-state index contributed by atoms with van der Waals surface area (Å²) in [7, 11) is 0. The van der Waals surface area contributed by atoms with E-state index < -0.39 is 0 Å². The molecule has 0 aliphatic rings. The Morgan fingerprint density at radius 3 is 1.08 bits per heavy atom. The van der Waals surface area contributed by atoms with E-state index in [1.807, 2.05) is 0 Å². The van der Waals surface area contributed by atoms with Gasteiger partial charge in [-0.1, -0.05) is 124 Å². The molecule has 0 fully saturated rings. The number of hydrogen-bond donors (Lipinski definition) is 1. The molecule has 0 rings (SSSR count). The summed E-state index contributed by atoms with van der Waals surface area (Å²) in [5, 5.41) is 8.50. The van der Waals surface area contributed by atoms with Crippen molar-refractivity contribution in [3.8, 4) is 0 Å². The van der Waals surface area contributed by atoms with Crippen LogP contribution in [0.1, 0.15) is 130 Å². The Labute approximate surface area is 160 Å². The van der Waals surface area contributed by atoms with Crippen LogP contribution in [0.5, 0.6) is 0 Å². The second-order valence-electron chi connectivity index (χ2n) is 7.29. The van der Waals surface area contributed by atoms with Crippen LogP contribution in [0.4, 0.5) is 0 Å². The van der Waals surface area contributed by atoms with E-state index in [4.69, 9.17) is 9.84 Å². The van der Waals surface area contributed by atoms with Gasteiger partial charge in [-0.3, -0.25) is 0 Å². The normalized spacial score (nSPS) is 10.6. The Balaban J connectivity index is 0. The smallest absolute Gasteiger partial charge is 0.0697 e. The molecular formula is C23H50O2. The summed E-state index contributed by atoms with van der Waals surface area (Å²) < 4.78 is 5.20. The van der Waals surface area contributed by atoms with E-state index in [-0.39, 0.29) is 6.61 Å². The van der Waals surface area contributed by atoms with Crippen LogP contribution in [-0.2, 0) is 4.74 Å². The fourth-order valence-electron chi connectivity index (χ4n) is 2.89. The predicted molar refractivity (Wildman–Crippen MR) is 113 cm³/mol. The molecule has 1 N–H and O–H groups in total. The van der Waals surface area contributed by atoms with E-state index in [0.29, 0.717) is 6.61 Å². The zero-order chi connectivity index (χ0) is 18.8. The lowest BCUT2D eigenvalue weighted by atomic mass is 10.1. The highest BCUT2D eigenvalue weighted by Crippen LogP contribution is 2.10. The van der Waals surface area contributed by atoms with Gasteiger partial charge in [-0.05, 0) is 6.42 Å². The summed E-state index contributed by atoms with van der Waals surface area (Å²) in [6.07, 6.45) is 23.5. The minimum atomic E-state index is 0.151. The van der Waals surface area contributed by atoms with Crippen LogP contribution >= 0.6 is 0 Å². The van der Waals surface area contributed by atoms with Crippen LogP contribution in [-0.4, -0.2) is 24.9 Å². The maximum Gasteiger partial charge on any atom is 0.0697 e. The lowest BCUT2D eigenvalue weighted by molar-refractivity contribution is 0.0895. The first kappa shape index (κ1) is 27.1. The Kier molecular flexibility index (Phi) is 31.2. The SMILES string of the molecule is CCCCCCCCC.CCCCCCCCCCCCOCCO. The summed E-state index contributed by atoms with van der Waals surface area (Å²) in [5.74, 6) is 0. The van der Waals surface area contributed by atoms with Crippen molar-refractivity contribution in [2.24, 2.45) is 0 Å². The molecule has 0 atom stereocenters. The quantitative estimate of drug-likeness (QED) is 0.240. The first-order valence-electron chi connectivity index (χ1n) is 11.5. The van der Waals surface area contributed by atoms with Crippen LogP contribution in [0.2, 0.25) is 0 Å². The summed E-state index contributed by atoms with van der Waals surface area (Å²) >= 11 is 0. The minimum Gasteiger partial charge on any atom is -0.394 e. The van der Waals surface area contributed by atoms with E-state index in [1.165, 1.54) is 103 Å². The molecule has 0 aliphatic heterocycles. The third kappa shape index (κ3) is 32.1.